The minimum Gasteiger partial charge on any atom is -0.409 e. The van der Waals surface area contributed by atoms with Crippen molar-refractivity contribution in [3.05, 3.63) is 0 Å². The number of hydrogen-bond donors (Lipinski definition) is 3. The van der Waals surface area contributed by atoms with Crippen LogP contribution in [0.4, 0.5) is 0 Å². The van der Waals surface area contributed by atoms with Crippen LogP contribution in [0.1, 0.15) is 33.6 Å². The van der Waals surface area contributed by atoms with Crippen LogP contribution in [0, 0.1) is 17.3 Å². The first-order valence-corrected chi connectivity index (χ1v) is 5.13. The Labute approximate surface area is 91.9 Å². The van der Waals surface area contributed by atoms with Gasteiger partial charge in [-0.3, -0.25) is 0 Å². The molecule has 0 unspecified atom stereocenters. The molecule has 4 N–H and O–H groups in total. The molecule has 0 bridgehead atoms. The van der Waals surface area contributed by atoms with Crippen molar-refractivity contribution in [2.24, 2.45) is 16.3 Å². The van der Waals surface area contributed by atoms with Crippen molar-refractivity contribution in [3.63, 3.8) is 0 Å². The first-order chi connectivity index (χ1) is 7.04. The summed E-state index contributed by atoms with van der Waals surface area (Å²) in [5, 5.41) is 14.8. The Morgan fingerprint density at radius 2 is 2.20 bits per heavy atom. The van der Waals surface area contributed by atoms with Crippen molar-refractivity contribution in [2.75, 3.05) is 13.1 Å². The largest absolute Gasteiger partial charge is 0.409 e. The van der Waals surface area contributed by atoms with Crippen LogP contribution < -0.4 is 11.1 Å². The van der Waals surface area contributed by atoms with Gasteiger partial charge < -0.3 is 16.3 Å². The second-order valence-corrected chi connectivity index (χ2v) is 4.08. The Kier molecular flexibility index (Phi) is 6.56. The third kappa shape index (κ3) is 5.97. The lowest BCUT2D eigenvalue weighted by molar-refractivity contribution is 0.304. The average molecular weight is 211 g/mol. The number of nitrogens with one attached hydrogen (secondary N) is 1. The zero-order valence-electron chi connectivity index (χ0n) is 9.80. The molecule has 0 aromatic carbocycles. The van der Waals surface area contributed by atoms with E-state index in [-0.39, 0.29) is 11.3 Å². The minimum atomic E-state index is -0.243. The van der Waals surface area contributed by atoms with Crippen LogP contribution in [0.3, 0.4) is 0 Å². The molecule has 0 atom stereocenters. The minimum absolute atomic E-state index is 0.243. The van der Waals surface area contributed by atoms with Gasteiger partial charge in [-0.15, -0.1) is 5.92 Å². The van der Waals surface area contributed by atoms with E-state index in [0.717, 1.165) is 25.9 Å². The van der Waals surface area contributed by atoms with Crippen molar-refractivity contribution < 1.29 is 5.21 Å². The number of nitrogens with zero attached hydrogens (tertiary/aromatic N) is 1. The maximum atomic E-state index is 8.57. The molecule has 4 nitrogen and oxygen atoms in total. The predicted molar refractivity (Wildman–Crippen MR) is 62.7 cm³/mol. The van der Waals surface area contributed by atoms with Crippen molar-refractivity contribution in [1.29, 1.82) is 0 Å². The van der Waals surface area contributed by atoms with E-state index < -0.39 is 0 Å². The second-order valence-electron chi connectivity index (χ2n) is 4.08. The van der Waals surface area contributed by atoms with Gasteiger partial charge in [0.15, 0.2) is 0 Å². The summed E-state index contributed by atoms with van der Waals surface area (Å²) < 4.78 is 0. The van der Waals surface area contributed by atoms with Crippen LogP contribution in [0.5, 0.6) is 0 Å². The summed E-state index contributed by atoms with van der Waals surface area (Å²) in [5.41, 5.74) is 5.33. The number of rotatable bonds is 6. The summed E-state index contributed by atoms with van der Waals surface area (Å²) in [6.07, 6.45) is 1.87. The van der Waals surface area contributed by atoms with Crippen LogP contribution >= 0.6 is 0 Å². The van der Waals surface area contributed by atoms with Crippen molar-refractivity contribution in [1.82, 2.24) is 5.32 Å². The van der Waals surface area contributed by atoms with E-state index in [9.17, 15) is 0 Å². The second kappa shape index (κ2) is 7.13. The Hall–Kier alpha value is -1.21. The Morgan fingerprint density at radius 1 is 1.53 bits per heavy atom. The van der Waals surface area contributed by atoms with E-state index >= 15 is 0 Å². The SMILES string of the molecule is CC#CCNCCCC(C)(C)C(N)=NO. The Balaban J connectivity index is 3.70. The average Bonchev–Trinajstić information content (AvgIpc) is 2.22. The van der Waals surface area contributed by atoms with Crippen LogP contribution in [0.2, 0.25) is 0 Å². The quantitative estimate of drug-likeness (QED) is 0.154. The van der Waals surface area contributed by atoms with Crippen LogP contribution in [0.15, 0.2) is 5.16 Å². The molecule has 0 heterocycles. The van der Waals surface area contributed by atoms with Gasteiger partial charge in [-0.05, 0) is 26.3 Å². The number of hydrogen-bond acceptors (Lipinski definition) is 3. The van der Waals surface area contributed by atoms with Gasteiger partial charge in [0, 0.05) is 5.41 Å². The molecule has 0 rings (SSSR count). The lowest BCUT2D eigenvalue weighted by Crippen LogP contribution is -2.32. The van der Waals surface area contributed by atoms with Gasteiger partial charge in [0.2, 0.25) is 0 Å². The lowest BCUT2D eigenvalue weighted by atomic mass is 9.86. The molecule has 0 aromatic heterocycles. The van der Waals surface area contributed by atoms with Crippen LogP contribution in [0.25, 0.3) is 0 Å². The van der Waals surface area contributed by atoms with Crippen molar-refractivity contribution >= 4 is 5.84 Å². The molecular weight excluding hydrogens is 190 g/mol. The summed E-state index contributed by atoms with van der Waals surface area (Å²) in [6, 6.07) is 0. The van der Waals surface area contributed by atoms with Gasteiger partial charge in [-0.1, -0.05) is 24.9 Å². The molecule has 0 aliphatic carbocycles. The summed E-state index contributed by atoms with van der Waals surface area (Å²) in [5.74, 6) is 6.04. The predicted octanol–water partition coefficient (Wildman–Crippen LogP) is 1.15. The van der Waals surface area contributed by atoms with Crippen LogP contribution in [-0.2, 0) is 0 Å². The Bertz CT molecular complexity index is 261. The van der Waals surface area contributed by atoms with Crippen LogP contribution in [-0.4, -0.2) is 24.1 Å². The highest BCUT2D eigenvalue weighted by atomic mass is 16.4. The molecule has 0 aromatic rings. The molecular formula is C11H21N3O. The van der Waals surface area contributed by atoms with E-state index in [4.69, 9.17) is 10.9 Å². The van der Waals surface area contributed by atoms with E-state index in [1.807, 2.05) is 20.8 Å². The fourth-order valence-electron chi connectivity index (χ4n) is 1.16. The normalized spacial score (nSPS) is 12.1. The maximum Gasteiger partial charge on any atom is 0.144 e. The fourth-order valence-corrected chi connectivity index (χ4v) is 1.16. The number of oxime groups is 1. The molecule has 0 spiro atoms. The molecule has 15 heavy (non-hydrogen) atoms. The molecule has 0 saturated heterocycles. The van der Waals surface area contributed by atoms with Gasteiger partial charge in [0.05, 0.1) is 6.54 Å². The topological polar surface area (TPSA) is 70.6 Å². The fraction of sp³-hybridized carbons (Fsp3) is 0.727. The van der Waals surface area contributed by atoms with Crippen molar-refractivity contribution in [2.45, 2.75) is 33.6 Å². The molecule has 86 valence electrons. The maximum absolute atomic E-state index is 8.57. The Morgan fingerprint density at radius 3 is 2.73 bits per heavy atom. The van der Waals surface area contributed by atoms with Gasteiger partial charge in [-0.25, -0.2) is 0 Å². The molecule has 0 radical (unpaired) electrons. The molecule has 0 amide bonds. The third-order valence-corrected chi connectivity index (χ3v) is 2.35. The zero-order valence-corrected chi connectivity index (χ0v) is 9.80. The summed E-state index contributed by atoms with van der Waals surface area (Å²) in [6.45, 7) is 7.38. The van der Waals surface area contributed by atoms with Crippen molar-refractivity contribution in [3.8, 4) is 11.8 Å². The van der Waals surface area contributed by atoms with Gasteiger partial charge in [0.25, 0.3) is 0 Å². The number of nitrogens with two attached hydrogens (primary N) is 1. The summed E-state index contributed by atoms with van der Waals surface area (Å²) >= 11 is 0. The molecule has 4 heteroatoms. The van der Waals surface area contributed by atoms with Gasteiger partial charge in [0.1, 0.15) is 5.84 Å². The van der Waals surface area contributed by atoms with Gasteiger partial charge in [-0.2, -0.15) is 0 Å². The molecule has 0 saturated carbocycles. The third-order valence-electron chi connectivity index (χ3n) is 2.35. The summed E-state index contributed by atoms with van der Waals surface area (Å²) in [4.78, 5) is 0. The van der Waals surface area contributed by atoms with Gasteiger partial charge >= 0.3 is 0 Å². The highest BCUT2D eigenvalue weighted by molar-refractivity contribution is 5.85. The number of amidine groups is 1. The van der Waals surface area contributed by atoms with E-state index in [1.54, 1.807) is 0 Å². The highest BCUT2D eigenvalue weighted by Gasteiger charge is 2.22. The molecule has 0 aliphatic rings. The molecule has 0 fully saturated rings. The lowest BCUT2D eigenvalue weighted by Gasteiger charge is -2.22. The molecule has 0 aliphatic heterocycles. The first-order valence-electron chi connectivity index (χ1n) is 5.13. The van der Waals surface area contributed by atoms with E-state index in [1.165, 1.54) is 0 Å². The monoisotopic (exact) mass is 211 g/mol. The first kappa shape index (κ1) is 13.8. The summed E-state index contributed by atoms with van der Waals surface area (Å²) in [7, 11) is 0. The smallest absolute Gasteiger partial charge is 0.144 e. The zero-order chi connectivity index (χ0) is 11.7. The van der Waals surface area contributed by atoms with E-state index in [0.29, 0.717) is 0 Å². The highest BCUT2D eigenvalue weighted by Crippen LogP contribution is 2.21. The van der Waals surface area contributed by atoms with E-state index in [2.05, 4.69) is 22.3 Å². The standard InChI is InChI=1S/C11H21N3O/c1-4-5-8-13-9-6-7-11(2,3)10(12)14-15/h13,15H,6-9H2,1-3H3,(H2,12,14).